The van der Waals surface area contributed by atoms with Gasteiger partial charge in [0.2, 0.25) is 0 Å². The lowest BCUT2D eigenvalue weighted by Gasteiger charge is -2.38. The Morgan fingerprint density at radius 3 is 2.42 bits per heavy atom. The van der Waals surface area contributed by atoms with Gasteiger partial charge in [-0.2, -0.15) is 0 Å². The minimum atomic E-state index is -1.26. The Labute approximate surface area is 239 Å². The van der Waals surface area contributed by atoms with Gasteiger partial charge < -0.3 is 24.7 Å². The molecule has 0 aliphatic carbocycles. The molecule has 2 aliphatic rings. The molecule has 0 saturated carbocycles. The third kappa shape index (κ3) is 10.7. The fourth-order valence-electron chi connectivity index (χ4n) is 4.56. The van der Waals surface area contributed by atoms with Crippen LogP contribution in [0.3, 0.4) is 0 Å². The van der Waals surface area contributed by atoms with Crippen LogP contribution in [0.1, 0.15) is 36.0 Å². The van der Waals surface area contributed by atoms with Gasteiger partial charge in [0.15, 0.2) is 5.17 Å². The number of rotatable bonds is 10. The molecular formula is C30H38FN3O5S. The lowest BCUT2D eigenvalue weighted by molar-refractivity contribution is -0.134. The van der Waals surface area contributed by atoms with E-state index in [9.17, 15) is 14.0 Å². The molecular weight excluding hydrogens is 533 g/mol. The second-order valence-corrected chi connectivity index (χ2v) is 10.8. The summed E-state index contributed by atoms with van der Waals surface area (Å²) in [6, 6.07) is 13.8. The Hall–Kier alpha value is -3.21. The molecule has 1 fully saturated rings. The van der Waals surface area contributed by atoms with E-state index < -0.39 is 11.9 Å². The average molecular weight is 572 g/mol. The highest BCUT2D eigenvalue weighted by Crippen LogP contribution is 2.33. The van der Waals surface area contributed by atoms with Crippen LogP contribution in [-0.4, -0.2) is 83.1 Å². The van der Waals surface area contributed by atoms with Crippen LogP contribution in [0.25, 0.3) is 0 Å². The number of fused-ring (bicyclic) bond motifs is 1. The van der Waals surface area contributed by atoms with E-state index in [0.29, 0.717) is 24.8 Å². The maximum atomic E-state index is 12.9. The fraction of sp³-hybridized carbons (Fsp3) is 0.433. The first kappa shape index (κ1) is 31.3. The SMILES string of the molecule is Cc1ccc2c(c1)CSC(N(C)C1CCN(CCCOCCc3ccc(F)cc3)CC1)=N2.O=C(O)C=CC(=O)O. The van der Waals surface area contributed by atoms with E-state index >= 15 is 0 Å². The molecule has 0 bridgehead atoms. The van der Waals surface area contributed by atoms with Gasteiger partial charge in [-0.1, -0.05) is 41.6 Å². The zero-order valence-corrected chi connectivity index (χ0v) is 23.9. The number of hydrogen-bond donors (Lipinski definition) is 2. The van der Waals surface area contributed by atoms with Crippen LogP contribution in [-0.2, 0) is 26.5 Å². The first-order valence-corrected chi connectivity index (χ1v) is 14.4. The second-order valence-electron chi connectivity index (χ2n) is 9.85. The van der Waals surface area contributed by atoms with Crippen LogP contribution in [0.2, 0.25) is 0 Å². The van der Waals surface area contributed by atoms with E-state index in [-0.39, 0.29) is 5.82 Å². The maximum absolute atomic E-state index is 12.9. The number of carboxylic acid groups (broad SMARTS) is 2. The number of aliphatic carboxylic acids is 2. The number of piperidine rings is 1. The van der Waals surface area contributed by atoms with E-state index in [1.54, 1.807) is 0 Å². The summed E-state index contributed by atoms with van der Waals surface area (Å²) in [7, 11) is 2.21. The predicted octanol–water partition coefficient (Wildman–Crippen LogP) is 5.13. The summed E-state index contributed by atoms with van der Waals surface area (Å²) >= 11 is 1.86. The number of carbonyl (C=O) groups is 2. The van der Waals surface area contributed by atoms with Crippen molar-refractivity contribution in [1.29, 1.82) is 0 Å². The molecule has 0 unspecified atom stereocenters. The number of nitrogens with zero attached hydrogens (tertiary/aromatic N) is 3. The summed E-state index contributed by atoms with van der Waals surface area (Å²) in [4.78, 5) is 29.0. The van der Waals surface area contributed by atoms with Gasteiger partial charge in [0, 0.05) is 57.2 Å². The van der Waals surface area contributed by atoms with Gasteiger partial charge in [-0.15, -0.1) is 0 Å². The summed E-state index contributed by atoms with van der Waals surface area (Å²) in [6.45, 7) is 6.99. The van der Waals surface area contributed by atoms with Crippen molar-refractivity contribution in [2.24, 2.45) is 4.99 Å². The Balaban J connectivity index is 0.000000482. The number of thioether (sulfide) groups is 1. The van der Waals surface area contributed by atoms with Crippen molar-refractivity contribution in [2.75, 3.05) is 39.9 Å². The largest absolute Gasteiger partial charge is 0.478 e. The number of halogens is 1. The number of likely N-dealkylation sites (tertiary alicyclic amines) is 1. The highest BCUT2D eigenvalue weighted by Gasteiger charge is 2.26. The molecule has 0 aromatic heterocycles. The van der Waals surface area contributed by atoms with Crippen LogP contribution in [0, 0.1) is 12.7 Å². The van der Waals surface area contributed by atoms with Gasteiger partial charge in [-0.3, -0.25) is 0 Å². The van der Waals surface area contributed by atoms with Crippen LogP contribution < -0.4 is 0 Å². The standard InChI is InChI=1S/C26H34FN3OS.C4H4O4/c1-20-4-9-25-22(18-20)19-32-26(28-25)29(2)24-10-14-30(15-11-24)13-3-16-31-17-12-21-5-7-23(27)8-6-21;5-3(6)1-2-4(7)8/h4-9,18,24H,3,10-17,19H2,1-2H3;1-2H,(H,5,6)(H,7,8). The topological polar surface area (TPSA) is 103 Å². The zero-order valence-electron chi connectivity index (χ0n) is 23.1. The number of aryl methyl sites for hydroxylation is 1. The number of amidine groups is 1. The lowest BCUT2D eigenvalue weighted by Crippen LogP contribution is -2.45. The molecule has 0 spiro atoms. The molecule has 4 rings (SSSR count). The molecule has 2 aliphatic heterocycles. The summed E-state index contributed by atoms with van der Waals surface area (Å²) in [5, 5.41) is 16.8. The van der Waals surface area contributed by atoms with Crippen LogP contribution in [0.4, 0.5) is 10.1 Å². The van der Waals surface area contributed by atoms with Gasteiger partial charge in [-0.05, 0) is 61.9 Å². The highest BCUT2D eigenvalue weighted by atomic mass is 32.2. The number of aliphatic imine (C=N–C) groups is 1. The van der Waals surface area contributed by atoms with Crippen LogP contribution in [0.5, 0.6) is 0 Å². The third-order valence-electron chi connectivity index (χ3n) is 6.79. The van der Waals surface area contributed by atoms with Gasteiger partial charge in [-0.25, -0.2) is 19.0 Å². The van der Waals surface area contributed by atoms with Gasteiger partial charge >= 0.3 is 11.9 Å². The third-order valence-corrected chi connectivity index (χ3v) is 7.89. The minimum absolute atomic E-state index is 0.185. The van der Waals surface area contributed by atoms with Crippen LogP contribution in [0.15, 0.2) is 59.6 Å². The quantitative estimate of drug-likeness (QED) is 0.299. The number of ether oxygens (including phenoxy) is 1. The molecule has 40 heavy (non-hydrogen) atoms. The Kier molecular flexibility index (Phi) is 12.6. The zero-order chi connectivity index (χ0) is 28.9. The molecule has 0 amide bonds. The first-order chi connectivity index (χ1) is 19.2. The molecule has 1 saturated heterocycles. The van der Waals surface area contributed by atoms with E-state index in [1.807, 2.05) is 23.9 Å². The average Bonchev–Trinajstić information content (AvgIpc) is 2.95. The second kappa shape index (κ2) is 16.2. The smallest absolute Gasteiger partial charge is 0.328 e. The fourth-order valence-corrected chi connectivity index (χ4v) is 5.59. The lowest BCUT2D eigenvalue weighted by atomic mass is 10.0. The van der Waals surface area contributed by atoms with Crippen LogP contribution >= 0.6 is 11.8 Å². The van der Waals surface area contributed by atoms with E-state index in [0.717, 1.165) is 61.3 Å². The first-order valence-electron chi connectivity index (χ1n) is 13.4. The molecule has 0 atom stereocenters. The maximum Gasteiger partial charge on any atom is 0.328 e. The number of hydrogen-bond acceptors (Lipinski definition) is 7. The summed E-state index contributed by atoms with van der Waals surface area (Å²) in [6.07, 6.45) is 5.38. The van der Waals surface area contributed by atoms with Crippen molar-refractivity contribution >= 4 is 34.6 Å². The molecule has 2 aromatic carbocycles. The Morgan fingerprint density at radius 1 is 1.10 bits per heavy atom. The van der Waals surface area contributed by atoms with Crippen molar-refractivity contribution in [3.63, 3.8) is 0 Å². The molecule has 10 heteroatoms. The normalized spacial score (nSPS) is 15.6. The number of carboxylic acids is 2. The molecule has 2 heterocycles. The van der Waals surface area contributed by atoms with Gasteiger partial charge in [0.1, 0.15) is 5.82 Å². The molecule has 8 nitrogen and oxygen atoms in total. The monoisotopic (exact) mass is 571 g/mol. The number of benzene rings is 2. The minimum Gasteiger partial charge on any atom is -0.478 e. The Bertz CT molecular complexity index is 1160. The summed E-state index contributed by atoms with van der Waals surface area (Å²) < 4.78 is 18.7. The summed E-state index contributed by atoms with van der Waals surface area (Å²) in [5.74, 6) is -1.68. The molecule has 216 valence electrons. The van der Waals surface area contributed by atoms with Gasteiger partial charge in [0.05, 0.1) is 12.3 Å². The van der Waals surface area contributed by atoms with E-state index in [1.165, 1.54) is 36.1 Å². The van der Waals surface area contributed by atoms with E-state index in [2.05, 4.69) is 42.0 Å². The van der Waals surface area contributed by atoms with Crippen molar-refractivity contribution in [1.82, 2.24) is 9.80 Å². The molecule has 2 N–H and O–H groups in total. The van der Waals surface area contributed by atoms with Crippen molar-refractivity contribution in [3.8, 4) is 0 Å². The highest BCUT2D eigenvalue weighted by molar-refractivity contribution is 8.13. The molecule has 0 radical (unpaired) electrons. The van der Waals surface area contributed by atoms with Crippen molar-refractivity contribution in [2.45, 2.75) is 44.4 Å². The Morgan fingerprint density at radius 2 is 1.77 bits per heavy atom. The predicted molar refractivity (Wildman–Crippen MR) is 157 cm³/mol. The molecule has 2 aromatic rings. The van der Waals surface area contributed by atoms with Crippen molar-refractivity contribution < 1.29 is 28.9 Å². The van der Waals surface area contributed by atoms with E-state index in [4.69, 9.17) is 19.9 Å². The van der Waals surface area contributed by atoms with Gasteiger partial charge in [0.25, 0.3) is 0 Å². The summed E-state index contributed by atoms with van der Waals surface area (Å²) in [5.41, 5.74) is 4.91. The van der Waals surface area contributed by atoms with Crippen molar-refractivity contribution in [3.05, 3.63) is 77.1 Å².